The molecule has 0 spiro atoms. The molecule has 3 nitrogen and oxygen atoms in total. The van der Waals surface area contributed by atoms with E-state index < -0.39 is 6.04 Å². The molecule has 0 N–H and O–H groups in total. The first-order valence-corrected chi connectivity index (χ1v) is 5.55. The molecule has 84 valence electrons. The molecule has 0 bridgehead atoms. The molecule has 0 aliphatic heterocycles. The van der Waals surface area contributed by atoms with Crippen LogP contribution in [0.1, 0.15) is 24.8 Å². The minimum Gasteiger partial charge on any atom is -0.264 e. The molecule has 3 unspecified atom stereocenters. The summed E-state index contributed by atoms with van der Waals surface area (Å²) in [5, 5.41) is 11.1. The Bertz CT molecular complexity index is 400. The topological polar surface area (TPSA) is 43.1 Å². The fourth-order valence-corrected chi connectivity index (χ4v) is 2.47. The number of nitrogens with zero attached hydrogens (tertiary/aromatic N) is 1. The van der Waals surface area contributed by atoms with Gasteiger partial charge >= 0.3 is 0 Å². The zero-order chi connectivity index (χ0) is 11.5. The molecule has 0 saturated carbocycles. The van der Waals surface area contributed by atoms with Crippen LogP contribution < -0.4 is 0 Å². The third kappa shape index (κ3) is 1.98. The van der Waals surface area contributed by atoms with Gasteiger partial charge in [-0.3, -0.25) is 10.1 Å². The van der Waals surface area contributed by atoms with Crippen molar-refractivity contribution in [3.63, 3.8) is 0 Å². The summed E-state index contributed by atoms with van der Waals surface area (Å²) in [7, 11) is 0. The molecule has 1 aromatic carbocycles. The van der Waals surface area contributed by atoms with Gasteiger partial charge in [0.25, 0.3) is 0 Å². The van der Waals surface area contributed by atoms with E-state index in [1.807, 2.05) is 43.3 Å². The van der Waals surface area contributed by atoms with Crippen LogP contribution in [-0.2, 0) is 0 Å². The molecule has 0 saturated heterocycles. The van der Waals surface area contributed by atoms with Crippen molar-refractivity contribution in [2.75, 3.05) is 0 Å². The molecule has 3 heteroatoms. The molecule has 0 fully saturated rings. The molecule has 0 radical (unpaired) electrons. The van der Waals surface area contributed by atoms with Crippen LogP contribution in [0.4, 0.5) is 0 Å². The van der Waals surface area contributed by atoms with Gasteiger partial charge in [-0.1, -0.05) is 49.4 Å². The highest BCUT2D eigenvalue weighted by molar-refractivity contribution is 5.24. The van der Waals surface area contributed by atoms with Gasteiger partial charge in [-0.25, -0.2) is 0 Å². The van der Waals surface area contributed by atoms with Crippen LogP contribution in [0.3, 0.4) is 0 Å². The zero-order valence-electron chi connectivity index (χ0n) is 9.24. The smallest absolute Gasteiger partial charge is 0.223 e. The maximum atomic E-state index is 11.1. The van der Waals surface area contributed by atoms with E-state index >= 15 is 0 Å². The third-order valence-corrected chi connectivity index (χ3v) is 3.25. The molecule has 0 heterocycles. The zero-order valence-corrected chi connectivity index (χ0v) is 9.24. The Hall–Kier alpha value is -1.64. The Labute approximate surface area is 94.9 Å². The Morgan fingerprint density at radius 1 is 1.31 bits per heavy atom. The molecule has 0 aromatic heterocycles. The molecule has 3 atom stereocenters. The second-order valence-corrected chi connectivity index (χ2v) is 4.31. The van der Waals surface area contributed by atoms with Crippen LogP contribution in [0.15, 0.2) is 42.5 Å². The van der Waals surface area contributed by atoms with E-state index in [1.54, 1.807) is 0 Å². The maximum Gasteiger partial charge on any atom is 0.223 e. The SMILES string of the molecule is CC1C=CCC([N+](=O)[O-])C1c1ccccc1. The quantitative estimate of drug-likeness (QED) is 0.434. The first kappa shape index (κ1) is 10.9. The second kappa shape index (κ2) is 4.47. The first-order valence-electron chi connectivity index (χ1n) is 5.55. The van der Waals surface area contributed by atoms with Crippen molar-refractivity contribution in [3.8, 4) is 0 Å². The number of rotatable bonds is 2. The minimum absolute atomic E-state index is 0.00111. The van der Waals surface area contributed by atoms with Gasteiger partial charge in [0.05, 0.1) is 5.92 Å². The lowest BCUT2D eigenvalue weighted by atomic mass is 9.77. The predicted octanol–water partition coefficient (Wildman–Crippen LogP) is 3.01. The summed E-state index contributed by atoms with van der Waals surface area (Å²) in [6.45, 7) is 2.05. The number of allylic oxidation sites excluding steroid dienone is 1. The van der Waals surface area contributed by atoms with Gasteiger partial charge in [-0.2, -0.15) is 0 Å². The van der Waals surface area contributed by atoms with Crippen LogP contribution in [-0.4, -0.2) is 11.0 Å². The summed E-state index contributed by atoms with van der Waals surface area (Å²) >= 11 is 0. The standard InChI is InChI=1S/C13H15NO2/c1-10-6-5-9-12(14(15)16)13(10)11-7-3-2-4-8-11/h2-8,10,12-13H,9H2,1H3. The average Bonchev–Trinajstić information content (AvgIpc) is 2.29. The number of hydrogen-bond donors (Lipinski definition) is 0. The van der Waals surface area contributed by atoms with Crippen molar-refractivity contribution in [1.29, 1.82) is 0 Å². The maximum absolute atomic E-state index is 11.1. The van der Waals surface area contributed by atoms with Crippen molar-refractivity contribution in [1.82, 2.24) is 0 Å². The van der Waals surface area contributed by atoms with Crippen LogP contribution in [0.25, 0.3) is 0 Å². The van der Waals surface area contributed by atoms with Crippen LogP contribution in [0.2, 0.25) is 0 Å². The predicted molar refractivity (Wildman–Crippen MR) is 62.9 cm³/mol. The van der Waals surface area contributed by atoms with Gasteiger partial charge in [0.15, 0.2) is 0 Å². The second-order valence-electron chi connectivity index (χ2n) is 4.31. The third-order valence-electron chi connectivity index (χ3n) is 3.25. The van der Waals surface area contributed by atoms with Crippen LogP contribution in [0, 0.1) is 16.0 Å². The molecule has 2 rings (SSSR count). The van der Waals surface area contributed by atoms with Gasteiger partial charge in [0.1, 0.15) is 0 Å². The lowest BCUT2D eigenvalue weighted by molar-refractivity contribution is -0.527. The van der Waals surface area contributed by atoms with E-state index in [4.69, 9.17) is 0 Å². The number of nitro groups is 1. The van der Waals surface area contributed by atoms with Gasteiger partial charge in [-0.15, -0.1) is 0 Å². The first-order chi connectivity index (χ1) is 7.70. The Morgan fingerprint density at radius 3 is 2.62 bits per heavy atom. The molecule has 16 heavy (non-hydrogen) atoms. The Morgan fingerprint density at radius 2 is 2.00 bits per heavy atom. The van der Waals surface area contributed by atoms with E-state index in [-0.39, 0.29) is 16.8 Å². The van der Waals surface area contributed by atoms with Gasteiger partial charge < -0.3 is 0 Å². The minimum atomic E-state index is -0.484. The normalized spacial score (nSPS) is 28.9. The van der Waals surface area contributed by atoms with Gasteiger partial charge in [0, 0.05) is 11.3 Å². The van der Waals surface area contributed by atoms with Crippen molar-refractivity contribution in [2.45, 2.75) is 25.3 Å². The molecular weight excluding hydrogens is 202 g/mol. The molecular formula is C13H15NO2. The average molecular weight is 217 g/mol. The van der Waals surface area contributed by atoms with E-state index in [1.165, 1.54) is 0 Å². The summed E-state index contributed by atoms with van der Waals surface area (Å²) in [5.41, 5.74) is 1.07. The van der Waals surface area contributed by atoms with E-state index in [9.17, 15) is 10.1 Å². The fourth-order valence-electron chi connectivity index (χ4n) is 2.47. The lowest BCUT2D eigenvalue weighted by Gasteiger charge is -2.27. The lowest BCUT2D eigenvalue weighted by Crippen LogP contribution is -2.32. The van der Waals surface area contributed by atoms with Crippen molar-refractivity contribution in [3.05, 3.63) is 58.2 Å². The highest BCUT2D eigenvalue weighted by atomic mass is 16.6. The summed E-state index contributed by atoms with van der Waals surface area (Å²) in [4.78, 5) is 10.9. The largest absolute Gasteiger partial charge is 0.264 e. The Balaban J connectivity index is 2.35. The summed E-state index contributed by atoms with van der Waals surface area (Å²) < 4.78 is 0. The molecule has 1 aliphatic rings. The molecule has 1 aliphatic carbocycles. The molecule has 0 amide bonds. The number of hydrogen-bond acceptors (Lipinski definition) is 2. The van der Waals surface area contributed by atoms with Crippen molar-refractivity contribution < 1.29 is 4.92 Å². The van der Waals surface area contributed by atoms with E-state index in [0.717, 1.165) is 5.56 Å². The van der Waals surface area contributed by atoms with Crippen LogP contribution >= 0.6 is 0 Å². The summed E-state index contributed by atoms with van der Waals surface area (Å²) in [6, 6.07) is 9.30. The van der Waals surface area contributed by atoms with Crippen molar-refractivity contribution >= 4 is 0 Å². The summed E-state index contributed by atoms with van der Waals surface area (Å²) in [5.74, 6) is 0.229. The number of benzene rings is 1. The summed E-state index contributed by atoms with van der Waals surface area (Å²) in [6.07, 6.45) is 4.55. The van der Waals surface area contributed by atoms with Crippen LogP contribution in [0.5, 0.6) is 0 Å². The monoisotopic (exact) mass is 217 g/mol. The fraction of sp³-hybridized carbons (Fsp3) is 0.385. The van der Waals surface area contributed by atoms with Gasteiger partial charge in [-0.05, 0) is 11.5 Å². The van der Waals surface area contributed by atoms with E-state index in [2.05, 4.69) is 6.08 Å². The van der Waals surface area contributed by atoms with E-state index in [0.29, 0.717) is 6.42 Å². The highest BCUT2D eigenvalue weighted by Gasteiger charge is 2.37. The van der Waals surface area contributed by atoms with Gasteiger partial charge in [0.2, 0.25) is 6.04 Å². The Kier molecular flexibility index (Phi) is 3.04. The highest BCUT2D eigenvalue weighted by Crippen LogP contribution is 2.35. The molecule has 1 aromatic rings. The van der Waals surface area contributed by atoms with Crippen molar-refractivity contribution in [2.24, 2.45) is 5.92 Å².